The first-order valence-electron chi connectivity index (χ1n) is 10.4. The monoisotopic (exact) mass is 541 g/mol. The fourth-order valence-corrected chi connectivity index (χ4v) is 3.43. The minimum atomic E-state index is -0.200. The third kappa shape index (κ3) is 7.84. The highest BCUT2D eigenvalue weighted by atomic mass is 127. The van der Waals surface area contributed by atoms with Crippen molar-refractivity contribution in [2.45, 2.75) is 6.54 Å². The van der Waals surface area contributed by atoms with Crippen LogP contribution >= 0.6 is 24.0 Å². The molecule has 0 bridgehead atoms. The molecular weight excluding hydrogens is 508 g/mol. The maximum absolute atomic E-state index is 13.1. The van der Waals surface area contributed by atoms with Gasteiger partial charge < -0.3 is 24.8 Å². The Morgan fingerprint density at radius 2 is 1.81 bits per heavy atom. The Balaban J connectivity index is 0.00000341. The quantitative estimate of drug-likeness (QED) is 0.331. The van der Waals surface area contributed by atoms with E-state index in [9.17, 15) is 4.39 Å². The van der Waals surface area contributed by atoms with Gasteiger partial charge >= 0.3 is 0 Å². The average Bonchev–Trinajstić information content (AvgIpc) is 2.75. The lowest BCUT2D eigenvalue weighted by Gasteiger charge is -2.37. The van der Waals surface area contributed by atoms with Crippen molar-refractivity contribution in [3.63, 3.8) is 0 Å². The number of guanidine groups is 1. The Hall–Kier alpha value is -2.07. The summed E-state index contributed by atoms with van der Waals surface area (Å²) in [6.07, 6.45) is 0. The lowest BCUT2D eigenvalue weighted by molar-refractivity contribution is 0.261. The molecule has 1 fully saturated rings. The van der Waals surface area contributed by atoms with Gasteiger partial charge in [-0.15, -0.1) is 24.0 Å². The van der Waals surface area contributed by atoms with Crippen LogP contribution in [0.1, 0.15) is 5.56 Å². The molecular formula is C23H33FIN5O. The Kier molecular flexibility index (Phi) is 10.3. The van der Waals surface area contributed by atoms with Crippen LogP contribution in [0.15, 0.2) is 53.5 Å². The van der Waals surface area contributed by atoms with E-state index >= 15 is 0 Å². The highest BCUT2D eigenvalue weighted by Crippen LogP contribution is 2.17. The van der Waals surface area contributed by atoms with Crippen molar-refractivity contribution < 1.29 is 9.13 Å². The fraction of sp³-hybridized carbons (Fsp3) is 0.435. The van der Waals surface area contributed by atoms with Crippen molar-refractivity contribution in [1.29, 1.82) is 0 Å². The molecule has 1 N–H and O–H groups in total. The van der Waals surface area contributed by atoms with Crippen molar-refractivity contribution >= 4 is 35.6 Å². The molecule has 0 spiro atoms. The largest absolute Gasteiger partial charge is 0.492 e. The second kappa shape index (κ2) is 12.7. The van der Waals surface area contributed by atoms with E-state index < -0.39 is 0 Å². The van der Waals surface area contributed by atoms with Gasteiger partial charge in [0.1, 0.15) is 18.2 Å². The summed E-state index contributed by atoms with van der Waals surface area (Å²) >= 11 is 0. The summed E-state index contributed by atoms with van der Waals surface area (Å²) in [5, 5.41) is 3.46. The van der Waals surface area contributed by atoms with Gasteiger partial charge in [-0.3, -0.25) is 4.99 Å². The predicted octanol–water partition coefficient (Wildman–Crippen LogP) is 3.28. The second-order valence-electron chi connectivity index (χ2n) is 7.65. The van der Waals surface area contributed by atoms with Crippen LogP contribution in [0.4, 0.5) is 10.1 Å². The topological polar surface area (TPSA) is 43.3 Å². The van der Waals surface area contributed by atoms with Crippen molar-refractivity contribution in [3.05, 3.63) is 59.9 Å². The molecule has 0 unspecified atom stereocenters. The number of hydrogen-bond donors (Lipinski definition) is 1. The molecule has 0 amide bonds. The number of likely N-dealkylation sites (N-methyl/N-ethyl adjacent to an activating group) is 1. The number of aliphatic imine (C=N–C) groups is 1. The summed E-state index contributed by atoms with van der Waals surface area (Å²) < 4.78 is 19.0. The molecule has 170 valence electrons. The van der Waals surface area contributed by atoms with E-state index in [4.69, 9.17) is 4.74 Å². The Morgan fingerprint density at radius 1 is 1.10 bits per heavy atom. The van der Waals surface area contributed by atoms with Crippen LogP contribution < -0.4 is 15.0 Å². The molecule has 1 aliphatic rings. The van der Waals surface area contributed by atoms with Gasteiger partial charge in [0.05, 0.1) is 0 Å². The molecule has 2 aromatic rings. The van der Waals surface area contributed by atoms with Gasteiger partial charge in [0.2, 0.25) is 0 Å². The second-order valence-corrected chi connectivity index (χ2v) is 7.65. The zero-order valence-corrected chi connectivity index (χ0v) is 20.9. The first-order valence-corrected chi connectivity index (χ1v) is 10.4. The number of ether oxygens (including phenoxy) is 1. The van der Waals surface area contributed by atoms with E-state index in [1.54, 1.807) is 0 Å². The zero-order chi connectivity index (χ0) is 21.3. The summed E-state index contributed by atoms with van der Waals surface area (Å²) in [7, 11) is 5.89. The van der Waals surface area contributed by atoms with Gasteiger partial charge in [-0.25, -0.2) is 4.39 Å². The van der Waals surface area contributed by atoms with Crippen molar-refractivity contribution in [2.75, 3.05) is 65.4 Å². The zero-order valence-electron chi connectivity index (χ0n) is 18.6. The number of benzene rings is 2. The van der Waals surface area contributed by atoms with E-state index in [1.165, 1.54) is 12.1 Å². The lowest BCUT2D eigenvalue weighted by Crippen LogP contribution is -2.52. The fourth-order valence-electron chi connectivity index (χ4n) is 3.43. The molecule has 0 radical (unpaired) electrons. The third-order valence-electron chi connectivity index (χ3n) is 5.14. The Bertz CT molecular complexity index is 823. The van der Waals surface area contributed by atoms with Crippen LogP contribution in [0.2, 0.25) is 0 Å². The van der Waals surface area contributed by atoms with E-state index in [1.807, 2.05) is 45.4 Å². The molecule has 6 nitrogen and oxygen atoms in total. The highest BCUT2D eigenvalue weighted by molar-refractivity contribution is 14.0. The molecule has 0 aromatic heterocycles. The summed E-state index contributed by atoms with van der Waals surface area (Å²) in [6.45, 7) is 5.73. The molecule has 1 heterocycles. The summed E-state index contributed by atoms with van der Waals surface area (Å²) in [5.41, 5.74) is 2.22. The molecule has 1 saturated heterocycles. The molecule has 0 saturated carbocycles. The molecule has 2 aromatic carbocycles. The molecule has 8 heteroatoms. The van der Waals surface area contributed by atoms with Gasteiger partial charge in [-0.2, -0.15) is 0 Å². The summed E-state index contributed by atoms with van der Waals surface area (Å²) in [6, 6.07) is 14.9. The molecule has 1 aliphatic heterocycles. The van der Waals surface area contributed by atoms with Crippen molar-refractivity contribution in [2.24, 2.45) is 4.99 Å². The smallest absolute Gasteiger partial charge is 0.194 e. The van der Waals surface area contributed by atoms with Crippen LogP contribution in [0.3, 0.4) is 0 Å². The van der Waals surface area contributed by atoms with E-state index in [0.29, 0.717) is 13.2 Å². The number of anilines is 1. The first-order chi connectivity index (χ1) is 14.5. The van der Waals surface area contributed by atoms with Crippen LogP contribution in [-0.4, -0.2) is 76.2 Å². The SMILES string of the molecule is CN=C(NCc1cccc(OCCN(C)C)c1)N1CCN(c2ccc(F)cc2)CC1.I. The minimum absolute atomic E-state index is 0. The Labute approximate surface area is 202 Å². The predicted molar refractivity (Wildman–Crippen MR) is 136 cm³/mol. The first kappa shape index (κ1) is 25.2. The molecule has 0 aliphatic carbocycles. The molecule has 3 rings (SSSR count). The van der Waals surface area contributed by atoms with Crippen molar-refractivity contribution in [1.82, 2.24) is 15.1 Å². The van der Waals surface area contributed by atoms with Gasteiger partial charge in [0, 0.05) is 52.0 Å². The van der Waals surface area contributed by atoms with E-state index in [2.05, 4.69) is 37.1 Å². The molecule has 0 atom stereocenters. The average molecular weight is 541 g/mol. The number of piperazine rings is 1. The lowest BCUT2D eigenvalue weighted by atomic mass is 10.2. The van der Waals surface area contributed by atoms with Crippen LogP contribution in [0.5, 0.6) is 5.75 Å². The van der Waals surface area contributed by atoms with Crippen LogP contribution in [0.25, 0.3) is 0 Å². The van der Waals surface area contributed by atoms with Crippen LogP contribution in [0, 0.1) is 5.82 Å². The summed E-state index contributed by atoms with van der Waals surface area (Å²) in [5.74, 6) is 1.58. The number of nitrogens with zero attached hydrogens (tertiary/aromatic N) is 4. The maximum atomic E-state index is 13.1. The maximum Gasteiger partial charge on any atom is 0.194 e. The summed E-state index contributed by atoms with van der Waals surface area (Å²) in [4.78, 5) is 11.1. The number of nitrogens with one attached hydrogen (secondary N) is 1. The standard InChI is InChI=1S/C23H32FN5O.HI/c1-25-23(26-18-19-5-4-6-22(17-19)30-16-15-27(2)3)29-13-11-28(12-14-29)21-9-7-20(24)8-10-21;/h4-10,17H,11-16,18H2,1-3H3,(H,25,26);1H. The van der Waals surface area contributed by atoms with Crippen molar-refractivity contribution in [3.8, 4) is 5.75 Å². The van der Waals surface area contributed by atoms with E-state index in [0.717, 1.165) is 55.7 Å². The number of rotatable bonds is 7. The van der Waals surface area contributed by atoms with Gasteiger partial charge in [0.15, 0.2) is 5.96 Å². The van der Waals surface area contributed by atoms with Gasteiger partial charge in [-0.1, -0.05) is 12.1 Å². The Morgan fingerprint density at radius 3 is 2.45 bits per heavy atom. The number of hydrogen-bond acceptors (Lipinski definition) is 4. The van der Waals surface area contributed by atoms with Gasteiger partial charge in [-0.05, 0) is 56.1 Å². The minimum Gasteiger partial charge on any atom is -0.492 e. The normalized spacial score (nSPS) is 14.4. The number of halogens is 2. The van der Waals surface area contributed by atoms with Crippen LogP contribution in [-0.2, 0) is 6.54 Å². The molecule has 31 heavy (non-hydrogen) atoms. The third-order valence-corrected chi connectivity index (χ3v) is 5.14. The van der Waals surface area contributed by atoms with E-state index in [-0.39, 0.29) is 29.8 Å². The van der Waals surface area contributed by atoms with Gasteiger partial charge in [0.25, 0.3) is 0 Å². The highest BCUT2D eigenvalue weighted by Gasteiger charge is 2.19.